The average molecular weight is 367 g/mol. The number of nitrogens with zero attached hydrogens (tertiary/aromatic N) is 5. The second kappa shape index (κ2) is 6.42. The standard InChI is InChI=1S/C22H17N5O/c1-26-17-9-3-2-8-16(17)21-19(26)14-18(27(21)22-24-11-6-12-25-22)20(28)13-15-7-4-5-10-23-15/h2-12,14H,13H2,1H3. The van der Waals surface area contributed by atoms with Crippen LogP contribution in [0.25, 0.3) is 27.9 Å². The van der Waals surface area contributed by atoms with Crippen molar-refractivity contribution in [3.05, 3.63) is 84.6 Å². The number of hydrogen-bond acceptors (Lipinski definition) is 4. The van der Waals surface area contributed by atoms with Crippen molar-refractivity contribution in [2.24, 2.45) is 7.05 Å². The number of para-hydroxylation sites is 1. The van der Waals surface area contributed by atoms with E-state index in [9.17, 15) is 4.79 Å². The van der Waals surface area contributed by atoms with Crippen LogP contribution in [-0.4, -0.2) is 29.9 Å². The number of hydrogen-bond donors (Lipinski definition) is 0. The fourth-order valence-electron chi connectivity index (χ4n) is 3.69. The zero-order valence-corrected chi connectivity index (χ0v) is 15.3. The van der Waals surface area contributed by atoms with E-state index >= 15 is 0 Å². The number of pyridine rings is 1. The number of rotatable bonds is 4. The first-order chi connectivity index (χ1) is 13.7. The number of aromatic nitrogens is 5. The van der Waals surface area contributed by atoms with Crippen LogP contribution in [0.3, 0.4) is 0 Å². The Hall–Kier alpha value is -3.80. The second-order valence-electron chi connectivity index (χ2n) is 6.64. The summed E-state index contributed by atoms with van der Waals surface area (Å²) in [5.41, 5.74) is 4.30. The average Bonchev–Trinajstić information content (AvgIpc) is 3.26. The van der Waals surface area contributed by atoms with Gasteiger partial charge in [-0.1, -0.05) is 24.3 Å². The minimum atomic E-state index is -0.0218. The van der Waals surface area contributed by atoms with Crippen LogP contribution in [0.15, 0.2) is 73.2 Å². The van der Waals surface area contributed by atoms with Crippen LogP contribution < -0.4 is 0 Å². The van der Waals surface area contributed by atoms with Crippen molar-refractivity contribution in [3.63, 3.8) is 0 Å². The zero-order valence-electron chi connectivity index (χ0n) is 15.3. The van der Waals surface area contributed by atoms with Crippen LogP contribution >= 0.6 is 0 Å². The molecule has 0 radical (unpaired) electrons. The van der Waals surface area contributed by atoms with Gasteiger partial charge >= 0.3 is 0 Å². The van der Waals surface area contributed by atoms with Crippen LogP contribution in [0.5, 0.6) is 0 Å². The lowest BCUT2D eigenvalue weighted by atomic mass is 10.1. The number of ketones is 1. The summed E-state index contributed by atoms with van der Waals surface area (Å²) in [6.07, 6.45) is 5.30. The molecule has 28 heavy (non-hydrogen) atoms. The first kappa shape index (κ1) is 16.4. The van der Waals surface area contributed by atoms with Crippen LogP contribution in [0.4, 0.5) is 0 Å². The first-order valence-corrected chi connectivity index (χ1v) is 9.03. The zero-order chi connectivity index (χ0) is 19.1. The third kappa shape index (κ3) is 2.50. The third-order valence-electron chi connectivity index (χ3n) is 4.97. The van der Waals surface area contributed by atoms with Crippen LogP contribution in [0.2, 0.25) is 0 Å². The predicted molar refractivity (Wildman–Crippen MR) is 108 cm³/mol. The Kier molecular flexibility index (Phi) is 3.76. The molecule has 4 heterocycles. The molecule has 0 N–H and O–H groups in total. The van der Waals surface area contributed by atoms with Crippen molar-refractivity contribution in [2.75, 3.05) is 0 Å². The van der Waals surface area contributed by atoms with E-state index in [4.69, 9.17) is 0 Å². The summed E-state index contributed by atoms with van der Waals surface area (Å²) in [4.78, 5) is 26.3. The molecular weight excluding hydrogens is 350 g/mol. The Balaban J connectivity index is 1.77. The maximum atomic E-state index is 13.2. The Morgan fingerprint density at radius 3 is 2.43 bits per heavy atom. The molecule has 4 aromatic heterocycles. The SMILES string of the molecule is Cn1c2ccccc2c2c1cc(C(=O)Cc1ccccn1)n2-c1ncccn1. The molecule has 0 fully saturated rings. The molecule has 6 heteroatoms. The van der Waals surface area contributed by atoms with Crippen molar-refractivity contribution in [1.82, 2.24) is 24.1 Å². The van der Waals surface area contributed by atoms with Crippen LogP contribution in [0, 0.1) is 0 Å². The monoisotopic (exact) mass is 367 g/mol. The van der Waals surface area contributed by atoms with Gasteiger partial charge in [-0.05, 0) is 30.3 Å². The van der Waals surface area contributed by atoms with Crippen molar-refractivity contribution in [2.45, 2.75) is 6.42 Å². The molecule has 0 atom stereocenters. The largest absolute Gasteiger partial charge is 0.342 e. The number of carbonyl (C=O) groups is 1. The molecule has 5 rings (SSSR count). The van der Waals surface area contributed by atoms with E-state index in [0.717, 1.165) is 27.6 Å². The molecule has 0 saturated heterocycles. The van der Waals surface area contributed by atoms with E-state index in [1.165, 1.54) is 0 Å². The minimum absolute atomic E-state index is 0.0218. The molecular formula is C22H17N5O. The molecule has 1 aromatic carbocycles. The third-order valence-corrected chi connectivity index (χ3v) is 4.97. The molecule has 5 aromatic rings. The van der Waals surface area contributed by atoms with Gasteiger partial charge in [0.25, 0.3) is 0 Å². The van der Waals surface area contributed by atoms with Gasteiger partial charge < -0.3 is 4.57 Å². The van der Waals surface area contributed by atoms with Crippen molar-refractivity contribution >= 4 is 27.7 Å². The Morgan fingerprint density at radius 1 is 0.893 bits per heavy atom. The number of Topliss-reactive ketones (excluding diaryl/α,β-unsaturated/α-hetero) is 1. The van der Waals surface area contributed by atoms with E-state index in [-0.39, 0.29) is 12.2 Å². The topological polar surface area (TPSA) is 65.6 Å². The molecule has 0 spiro atoms. The lowest BCUT2D eigenvalue weighted by Gasteiger charge is -2.08. The summed E-state index contributed by atoms with van der Waals surface area (Å²) in [5.74, 6) is 0.463. The highest BCUT2D eigenvalue weighted by atomic mass is 16.1. The number of carbonyl (C=O) groups excluding carboxylic acids is 1. The minimum Gasteiger partial charge on any atom is -0.342 e. The van der Waals surface area contributed by atoms with Gasteiger partial charge in [0, 0.05) is 36.7 Å². The van der Waals surface area contributed by atoms with Crippen molar-refractivity contribution in [3.8, 4) is 5.95 Å². The highest BCUT2D eigenvalue weighted by Gasteiger charge is 2.23. The Bertz CT molecular complexity index is 1300. The van der Waals surface area contributed by atoms with Crippen LogP contribution in [-0.2, 0) is 13.5 Å². The summed E-state index contributed by atoms with van der Waals surface area (Å²) >= 11 is 0. The quantitative estimate of drug-likeness (QED) is 0.454. The Labute approximate surface area is 161 Å². The summed E-state index contributed by atoms with van der Waals surface area (Å²) in [6, 6.07) is 17.4. The number of aryl methyl sites for hydroxylation is 1. The lowest BCUT2D eigenvalue weighted by Crippen LogP contribution is -2.12. The lowest BCUT2D eigenvalue weighted by molar-refractivity contribution is 0.0985. The first-order valence-electron chi connectivity index (χ1n) is 9.03. The summed E-state index contributed by atoms with van der Waals surface area (Å²) < 4.78 is 3.96. The number of benzene rings is 1. The smallest absolute Gasteiger partial charge is 0.234 e. The van der Waals surface area contributed by atoms with Crippen molar-refractivity contribution in [1.29, 1.82) is 0 Å². The molecule has 0 saturated carbocycles. The highest BCUT2D eigenvalue weighted by molar-refractivity contribution is 6.11. The van der Waals surface area contributed by atoms with Gasteiger partial charge in [-0.15, -0.1) is 0 Å². The van der Waals surface area contributed by atoms with Crippen molar-refractivity contribution < 1.29 is 4.79 Å². The second-order valence-corrected chi connectivity index (χ2v) is 6.64. The van der Waals surface area contributed by atoms with Gasteiger partial charge in [0.2, 0.25) is 5.95 Å². The maximum Gasteiger partial charge on any atom is 0.234 e. The molecule has 0 aliphatic heterocycles. The normalized spacial score (nSPS) is 11.3. The van der Waals surface area contributed by atoms with Gasteiger partial charge in [-0.2, -0.15) is 0 Å². The molecule has 0 amide bonds. The predicted octanol–water partition coefficient (Wildman–Crippen LogP) is 3.73. The van der Waals surface area contributed by atoms with E-state index < -0.39 is 0 Å². The molecule has 0 aliphatic carbocycles. The Morgan fingerprint density at radius 2 is 1.64 bits per heavy atom. The molecule has 6 nitrogen and oxygen atoms in total. The van der Waals surface area contributed by atoms with E-state index in [0.29, 0.717) is 11.6 Å². The molecule has 0 aliphatic rings. The molecule has 0 unspecified atom stereocenters. The van der Waals surface area contributed by atoms with E-state index in [1.807, 2.05) is 48.0 Å². The van der Waals surface area contributed by atoms with Gasteiger partial charge in [-0.25, -0.2) is 9.97 Å². The van der Waals surface area contributed by atoms with Gasteiger partial charge in [0.15, 0.2) is 5.78 Å². The van der Waals surface area contributed by atoms with Crippen LogP contribution in [0.1, 0.15) is 16.2 Å². The van der Waals surface area contributed by atoms with Gasteiger partial charge in [0.1, 0.15) is 0 Å². The summed E-state index contributed by atoms with van der Waals surface area (Å²) in [6.45, 7) is 0. The maximum absolute atomic E-state index is 13.2. The number of fused-ring (bicyclic) bond motifs is 3. The summed E-state index contributed by atoms with van der Waals surface area (Å²) in [7, 11) is 2.01. The fraction of sp³-hybridized carbons (Fsp3) is 0.0909. The highest BCUT2D eigenvalue weighted by Crippen LogP contribution is 2.32. The van der Waals surface area contributed by atoms with Gasteiger partial charge in [-0.3, -0.25) is 14.3 Å². The summed E-state index contributed by atoms with van der Waals surface area (Å²) in [5, 5.41) is 1.06. The fourth-order valence-corrected chi connectivity index (χ4v) is 3.69. The van der Waals surface area contributed by atoms with Gasteiger partial charge in [0.05, 0.1) is 28.7 Å². The van der Waals surface area contributed by atoms with E-state index in [2.05, 4.69) is 31.7 Å². The molecule has 136 valence electrons. The van der Waals surface area contributed by atoms with E-state index in [1.54, 1.807) is 24.7 Å². The molecule has 0 bridgehead atoms.